The molecule has 1 rings (SSSR count). The minimum absolute atomic E-state index is 0. The van der Waals surface area contributed by atoms with E-state index in [1.807, 2.05) is 38.1 Å². The lowest BCUT2D eigenvalue weighted by Crippen LogP contribution is -2.53. The van der Waals surface area contributed by atoms with Crippen molar-refractivity contribution in [1.29, 1.82) is 0 Å². The van der Waals surface area contributed by atoms with Crippen LogP contribution in [0.5, 0.6) is 5.75 Å². The van der Waals surface area contributed by atoms with Gasteiger partial charge in [0.15, 0.2) is 5.96 Å². The molecule has 9 heteroatoms. The van der Waals surface area contributed by atoms with Gasteiger partial charge in [0.25, 0.3) is 0 Å². The molecule has 1 unspecified atom stereocenters. The van der Waals surface area contributed by atoms with Crippen molar-refractivity contribution in [2.75, 3.05) is 26.4 Å². The third-order valence-electron chi connectivity index (χ3n) is 3.36. The summed E-state index contributed by atoms with van der Waals surface area (Å²) in [6.07, 6.45) is 1.09. The fourth-order valence-electron chi connectivity index (χ4n) is 2.25. The Morgan fingerprint density at radius 1 is 1.27 bits per heavy atom. The molecule has 0 spiro atoms. The van der Waals surface area contributed by atoms with Gasteiger partial charge >= 0.3 is 0 Å². The van der Waals surface area contributed by atoms with E-state index in [0.29, 0.717) is 19.0 Å². The summed E-state index contributed by atoms with van der Waals surface area (Å²) >= 11 is 0. The number of nitrogens with one attached hydrogen (secondary N) is 3. The number of hydrogen-bond acceptors (Lipinski definition) is 4. The quantitative estimate of drug-likeness (QED) is 0.289. The van der Waals surface area contributed by atoms with Gasteiger partial charge in [-0.2, -0.15) is 0 Å². The fraction of sp³-hybridized carbons (Fsp3) is 0.588. The highest BCUT2D eigenvalue weighted by atomic mass is 127. The molecule has 1 atom stereocenters. The molecule has 1 aromatic rings. The number of sulfonamides is 1. The minimum Gasteiger partial charge on any atom is -0.489 e. The Morgan fingerprint density at radius 2 is 1.88 bits per heavy atom. The molecule has 0 fully saturated rings. The molecule has 0 aliphatic heterocycles. The first-order valence-electron chi connectivity index (χ1n) is 8.18. The highest BCUT2D eigenvalue weighted by Crippen LogP contribution is 2.17. The Labute approximate surface area is 174 Å². The van der Waals surface area contributed by atoms with E-state index in [-0.39, 0.29) is 30.1 Å². The van der Waals surface area contributed by atoms with Crippen LogP contribution in [0.1, 0.15) is 26.3 Å². The van der Waals surface area contributed by atoms with Gasteiger partial charge in [-0.3, -0.25) is 4.99 Å². The fourth-order valence-corrected chi connectivity index (χ4v) is 3.33. The molecule has 0 radical (unpaired) electrons. The van der Waals surface area contributed by atoms with Crippen LogP contribution in [0.15, 0.2) is 29.3 Å². The SMILES string of the molecule is CN=C(NCC(C)Oc1ccccc1C)NCC(C)(C)NS(C)(=O)=O.I. The van der Waals surface area contributed by atoms with E-state index in [1.165, 1.54) is 0 Å². The molecule has 0 saturated heterocycles. The third-order valence-corrected chi connectivity index (χ3v) is 4.29. The van der Waals surface area contributed by atoms with E-state index in [9.17, 15) is 8.42 Å². The maximum Gasteiger partial charge on any atom is 0.209 e. The summed E-state index contributed by atoms with van der Waals surface area (Å²) < 4.78 is 31.2. The lowest BCUT2D eigenvalue weighted by atomic mass is 10.1. The summed E-state index contributed by atoms with van der Waals surface area (Å²) in [5, 5.41) is 6.30. The average molecular weight is 498 g/mol. The molecule has 26 heavy (non-hydrogen) atoms. The number of aliphatic imine (C=N–C) groups is 1. The van der Waals surface area contributed by atoms with E-state index in [2.05, 4.69) is 20.3 Å². The topological polar surface area (TPSA) is 91.8 Å². The summed E-state index contributed by atoms with van der Waals surface area (Å²) in [4.78, 5) is 4.15. The Morgan fingerprint density at radius 3 is 2.42 bits per heavy atom. The normalized spacial score (nSPS) is 13.5. The summed E-state index contributed by atoms with van der Waals surface area (Å²) in [7, 11) is -1.61. The smallest absolute Gasteiger partial charge is 0.209 e. The zero-order valence-corrected chi connectivity index (χ0v) is 19.4. The number of guanidine groups is 1. The van der Waals surface area contributed by atoms with E-state index in [0.717, 1.165) is 17.6 Å². The Bertz CT molecular complexity index is 693. The van der Waals surface area contributed by atoms with Gasteiger partial charge < -0.3 is 15.4 Å². The van der Waals surface area contributed by atoms with Gasteiger partial charge in [-0.1, -0.05) is 18.2 Å². The van der Waals surface area contributed by atoms with Crippen LogP contribution in [-0.2, 0) is 10.0 Å². The van der Waals surface area contributed by atoms with Gasteiger partial charge in [0.1, 0.15) is 11.9 Å². The highest BCUT2D eigenvalue weighted by molar-refractivity contribution is 14.0. The van der Waals surface area contributed by atoms with Crippen LogP contribution in [0, 0.1) is 6.92 Å². The number of ether oxygens (including phenoxy) is 1. The number of nitrogens with zero attached hydrogens (tertiary/aromatic N) is 1. The Kier molecular flexibility index (Phi) is 10.5. The van der Waals surface area contributed by atoms with Crippen molar-refractivity contribution in [1.82, 2.24) is 15.4 Å². The van der Waals surface area contributed by atoms with Crippen molar-refractivity contribution in [2.45, 2.75) is 39.3 Å². The number of aryl methyl sites for hydroxylation is 1. The number of hydrogen-bond donors (Lipinski definition) is 3. The Balaban J connectivity index is 0.00000625. The molecule has 0 saturated carbocycles. The molecule has 1 aromatic carbocycles. The summed E-state index contributed by atoms with van der Waals surface area (Å²) in [5.41, 5.74) is 0.458. The van der Waals surface area contributed by atoms with Crippen molar-refractivity contribution in [2.24, 2.45) is 4.99 Å². The zero-order valence-electron chi connectivity index (χ0n) is 16.3. The van der Waals surface area contributed by atoms with E-state index in [4.69, 9.17) is 4.74 Å². The first-order chi connectivity index (χ1) is 11.5. The molecule has 0 aliphatic rings. The maximum atomic E-state index is 11.4. The molecule has 7 nitrogen and oxygen atoms in total. The summed E-state index contributed by atoms with van der Waals surface area (Å²) in [6.45, 7) is 8.55. The lowest BCUT2D eigenvalue weighted by Gasteiger charge is -2.26. The van der Waals surface area contributed by atoms with Gasteiger partial charge in [0, 0.05) is 19.1 Å². The maximum absolute atomic E-state index is 11.4. The van der Waals surface area contributed by atoms with Crippen LogP contribution in [0.4, 0.5) is 0 Å². The van der Waals surface area contributed by atoms with Crippen LogP contribution in [0.2, 0.25) is 0 Å². The third kappa shape index (κ3) is 10.2. The van der Waals surface area contributed by atoms with Crippen molar-refractivity contribution >= 4 is 40.0 Å². The standard InChI is InChI=1S/C17H30N4O3S.HI/c1-13-9-7-8-10-15(13)24-14(2)11-19-16(18-5)20-12-17(3,4)21-25(6,22)23;/h7-10,14,21H,11-12H2,1-6H3,(H2,18,19,20);1H. The molecule has 0 bridgehead atoms. The second-order valence-electron chi connectivity index (χ2n) is 6.76. The predicted molar refractivity (Wildman–Crippen MR) is 118 cm³/mol. The Hall–Kier alpha value is -1.07. The molecule has 0 heterocycles. The second kappa shape index (κ2) is 10.9. The molecular formula is C17H31IN4O3S. The van der Waals surface area contributed by atoms with Crippen LogP contribution in [-0.4, -0.2) is 52.4 Å². The summed E-state index contributed by atoms with van der Waals surface area (Å²) in [5.74, 6) is 1.45. The van der Waals surface area contributed by atoms with E-state index >= 15 is 0 Å². The van der Waals surface area contributed by atoms with Crippen molar-refractivity contribution < 1.29 is 13.2 Å². The highest BCUT2D eigenvalue weighted by Gasteiger charge is 2.22. The minimum atomic E-state index is -3.27. The zero-order chi connectivity index (χ0) is 19.1. The molecular weight excluding hydrogens is 467 g/mol. The molecule has 0 aliphatic carbocycles. The van der Waals surface area contributed by atoms with Gasteiger partial charge in [0.05, 0.1) is 12.8 Å². The van der Waals surface area contributed by atoms with E-state index < -0.39 is 15.6 Å². The number of para-hydroxylation sites is 1. The van der Waals surface area contributed by atoms with Gasteiger partial charge in [-0.15, -0.1) is 24.0 Å². The van der Waals surface area contributed by atoms with E-state index in [1.54, 1.807) is 20.9 Å². The molecule has 0 amide bonds. The van der Waals surface area contributed by atoms with Crippen LogP contribution < -0.4 is 20.1 Å². The van der Waals surface area contributed by atoms with Gasteiger partial charge in [-0.05, 0) is 39.3 Å². The average Bonchev–Trinajstić information content (AvgIpc) is 2.47. The molecule has 3 N–H and O–H groups in total. The first-order valence-corrected chi connectivity index (χ1v) is 10.1. The summed E-state index contributed by atoms with van der Waals surface area (Å²) in [6, 6.07) is 7.87. The second-order valence-corrected chi connectivity index (χ2v) is 8.51. The number of benzene rings is 1. The van der Waals surface area contributed by atoms with Crippen molar-refractivity contribution in [3.8, 4) is 5.75 Å². The van der Waals surface area contributed by atoms with Crippen molar-refractivity contribution in [3.05, 3.63) is 29.8 Å². The molecule has 150 valence electrons. The van der Waals surface area contributed by atoms with Gasteiger partial charge in [-0.25, -0.2) is 13.1 Å². The number of rotatable bonds is 8. The van der Waals surface area contributed by atoms with Crippen LogP contribution >= 0.6 is 24.0 Å². The first kappa shape index (κ1) is 24.9. The monoisotopic (exact) mass is 498 g/mol. The predicted octanol–water partition coefficient (Wildman–Crippen LogP) is 1.87. The van der Waals surface area contributed by atoms with Crippen LogP contribution in [0.25, 0.3) is 0 Å². The number of halogens is 1. The molecule has 0 aromatic heterocycles. The van der Waals surface area contributed by atoms with Crippen molar-refractivity contribution in [3.63, 3.8) is 0 Å². The lowest BCUT2D eigenvalue weighted by molar-refractivity contribution is 0.222. The largest absolute Gasteiger partial charge is 0.489 e. The van der Waals surface area contributed by atoms with Gasteiger partial charge in [0.2, 0.25) is 10.0 Å². The van der Waals surface area contributed by atoms with Crippen LogP contribution in [0.3, 0.4) is 0 Å².